The Labute approximate surface area is 130 Å². The average Bonchev–Trinajstić information content (AvgIpc) is 2.50. The minimum atomic E-state index is -0.00311. The molecule has 1 aliphatic rings. The van der Waals surface area contributed by atoms with Crippen LogP contribution in [0.3, 0.4) is 0 Å². The smallest absolute Gasteiger partial charge is 0.260 e. The Bertz CT molecular complexity index is 487. The number of piperidine rings is 1. The molecule has 1 aromatic rings. The van der Waals surface area contributed by atoms with E-state index in [1.165, 1.54) is 0 Å². The molecule has 4 nitrogen and oxygen atoms in total. The van der Waals surface area contributed by atoms with Crippen LogP contribution in [0.15, 0.2) is 12.1 Å². The molecule has 0 spiro atoms. The third-order valence-corrected chi connectivity index (χ3v) is 4.59. The van der Waals surface area contributed by atoms with Crippen LogP contribution in [0.2, 0.25) is 5.02 Å². The van der Waals surface area contributed by atoms with Gasteiger partial charge in [-0.2, -0.15) is 0 Å². The first-order chi connectivity index (χ1) is 10.0. The van der Waals surface area contributed by atoms with Crippen LogP contribution in [0.5, 0.6) is 5.75 Å². The second kappa shape index (κ2) is 7.14. The summed E-state index contributed by atoms with van der Waals surface area (Å²) in [6.07, 6.45) is 1.73. The van der Waals surface area contributed by atoms with Crippen LogP contribution in [0.25, 0.3) is 0 Å². The molecule has 1 saturated heterocycles. The maximum atomic E-state index is 12.1. The average molecular weight is 312 g/mol. The first-order valence-corrected chi connectivity index (χ1v) is 7.67. The highest BCUT2D eigenvalue weighted by molar-refractivity contribution is 6.32. The molecule has 0 radical (unpaired) electrons. The van der Waals surface area contributed by atoms with Crippen molar-refractivity contribution < 1.29 is 14.6 Å². The summed E-state index contributed by atoms with van der Waals surface area (Å²) in [6, 6.07) is 3.70. The third kappa shape index (κ3) is 4.11. The summed E-state index contributed by atoms with van der Waals surface area (Å²) >= 11 is 6.11. The number of likely N-dealkylation sites (tertiary alicyclic amines) is 1. The Morgan fingerprint density at radius 1 is 1.33 bits per heavy atom. The van der Waals surface area contributed by atoms with Gasteiger partial charge in [0, 0.05) is 24.7 Å². The lowest BCUT2D eigenvalue weighted by molar-refractivity contribution is -0.134. The van der Waals surface area contributed by atoms with Crippen molar-refractivity contribution in [3.8, 4) is 5.75 Å². The monoisotopic (exact) mass is 311 g/mol. The number of halogens is 1. The highest BCUT2D eigenvalue weighted by atomic mass is 35.5. The number of hydrogen-bond donors (Lipinski definition) is 1. The molecule has 0 aromatic heterocycles. The number of benzene rings is 1. The lowest BCUT2D eigenvalue weighted by atomic mass is 9.98. The third-order valence-electron chi connectivity index (χ3n) is 4.00. The van der Waals surface area contributed by atoms with Gasteiger partial charge in [0.25, 0.3) is 5.91 Å². The maximum absolute atomic E-state index is 12.1. The summed E-state index contributed by atoms with van der Waals surface area (Å²) < 4.78 is 5.59. The van der Waals surface area contributed by atoms with Crippen molar-refractivity contribution in [3.63, 3.8) is 0 Å². The molecule has 21 heavy (non-hydrogen) atoms. The molecule has 116 valence electrons. The standard InChI is InChI=1S/C16H22ClNO3/c1-11-7-14(8-12(2)16(11)17)21-10-15(20)18-5-3-13(9-19)4-6-18/h7-8,13,19H,3-6,9-10H2,1-2H3. The van der Waals surface area contributed by atoms with Crippen molar-refractivity contribution >= 4 is 17.5 Å². The van der Waals surface area contributed by atoms with Gasteiger partial charge in [-0.15, -0.1) is 0 Å². The molecule has 0 aliphatic carbocycles. The Kier molecular flexibility index (Phi) is 5.48. The lowest BCUT2D eigenvalue weighted by Crippen LogP contribution is -2.41. The largest absolute Gasteiger partial charge is 0.484 e. The number of carbonyl (C=O) groups is 1. The van der Waals surface area contributed by atoms with E-state index >= 15 is 0 Å². The molecule has 1 fully saturated rings. The van der Waals surface area contributed by atoms with Crippen LogP contribution in [-0.2, 0) is 4.79 Å². The Hall–Kier alpha value is -1.26. The van der Waals surface area contributed by atoms with E-state index in [1.54, 1.807) is 0 Å². The van der Waals surface area contributed by atoms with Crippen molar-refractivity contribution in [1.82, 2.24) is 4.90 Å². The highest BCUT2D eigenvalue weighted by Crippen LogP contribution is 2.26. The van der Waals surface area contributed by atoms with Crippen LogP contribution in [0.1, 0.15) is 24.0 Å². The zero-order chi connectivity index (χ0) is 15.4. The molecular weight excluding hydrogens is 290 g/mol. The summed E-state index contributed by atoms with van der Waals surface area (Å²) in [7, 11) is 0. The molecule has 0 bridgehead atoms. The van der Waals surface area contributed by atoms with Gasteiger partial charge in [0.2, 0.25) is 0 Å². The number of nitrogens with zero attached hydrogens (tertiary/aromatic N) is 1. The Morgan fingerprint density at radius 2 is 1.90 bits per heavy atom. The van der Waals surface area contributed by atoms with E-state index in [-0.39, 0.29) is 19.1 Å². The number of rotatable bonds is 4. The molecular formula is C16H22ClNO3. The Morgan fingerprint density at radius 3 is 2.43 bits per heavy atom. The van der Waals surface area contributed by atoms with Gasteiger partial charge < -0.3 is 14.7 Å². The number of ether oxygens (including phenoxy) is 1. The van der Waals surface area contributed by atoms with Gasteiger partial charge in [0.15, 0.2) is 6.61 Å². The predicted octanol–water partition coefficient (Wildman–Crippen LogP) is 2.57. The molecule has 5 heteroatoms. The Balaban J connectivity index is 1.87. The molecule has 0 saturated carbocycles. The molecule has 1 heterocycles. The second-order valence-corrected chi connectivity index (χ2v) is 6.04. The van der Waals surface area contributed by atoms with Gasteiger partial charge in [-0.25, -0.2) is 0 Å². The number of aryl methyl sites for hydroxylation is 2. The molecule has 1 amide bonds. The maximum Gasteiger partial charge on any atom is 0.260 e. The van der Waals surface area contributed by atoms with Gasteiger partial charge in [-0.3, -0.25) is 4.79 Å². The van der Waals surface area contributed by atoms with Crippen LogP contribution >= 0.6 is 11.6 Å². The molecule has 1 N–H and O–H groups in total. The fourth-order valence-corrected chi connectivity index (χ4v) is 2.70. The minimum absolute atomic E-state index is 0.00311. The van der Waals surface area contributed by atoms with Gasteiger partial charge >= 0.3 is 0 Å². The van der Waals surface area contributed by atoms with Gasteiger partial charge in [-0.05, 0) is 55.9 Å². The zero-order valence-corrected chi connectivity index (χ0v) is 13.3. The quantitative estimate of drug-likeness (QED) is 0.929. The topological polar surface area (TPSA) is 49.8 Å². The van der Waals surface area contributed by atoms with Gasteiger partial charge in [0.1, 0.15) is 5.75 Å². The van der Waals surface area contributed by atoms with Crippen LogP contribution in [-0.4, -0.2) is 42.2 Å². The van der Waals surface area contributed by atoms with Crippen LogP contribution in [0.4, 0.5) is 0 Å². The van der Waals surface area contributed by atoms with Gasteiger partial charge in [-0.1, -0.05) is 11.6 Å². The first-order valence-electron chi connectivity index (χ1n) is 7.29. The fourth-order valence-electron chi connectivity index (χ4n) is 2.59. The van der Waals surface area contributed by atoms with Crippen molar-refractivity contribution in [2.75, 3.05) is 26.3 Å². The number of amides is 1. The molecule has 1 aliphatic heterocycles. The van der Waals surface area contributed by atoms with E-state index in [1.807, 2.05) is 30.9 Å². The summed E-state index contributed by atoms with van der Waals surface area (Å²) in [5, 5.41) is 9.84. The van der Waals surface area contributed by atoms with E-state index in [4.69, 9.17) is 21.4 Å². The number of aliphatic hydroxyl groups excluding tert-OH is 1. The predicted molar refractivity (Wildman–Crippen MR) is 82.8 cm³/mol. The zero-order valence-electron chi connectivity index (χ0n) is 12.6. The van der Waals surface area contributed by atoms with Crippen molar-refractivity contribution in [2.45, 2.75) is 26.7 Å². The molecule has 0 atom stereocenters. The first kappa shape index (κ1) is 16.1. The fraction of sp³-hybridized carbons (Fsp3) is 0.562. The SMILES string of the molecule is Cc1cc(OCC(=O)N2CCC(CO)CC2)cc(C)c1Cl. The summed E-state index contributed by atoms with van der Waals surface area (Å²) in [6.45, 7) is 5.50. The van der Waals surface area contributed by atoms with Crippen LogP contribution < -0.4 is 4.74 Å². The summed E-state index contributed by atoms with van der Waals surface area (Å²) in [5.74, 6) is 1.00. The van der Waals surface area contributed by atoms with E-state index in [9.17, 15) is 4.79 Å². The summed E-state index contributed by atoms with van der Waals surface area (Å²) in [4.78, 5) is 13.9. The van der Waals surface area contributed by atoms with Gasteiger partial charge in [0.05, 0.1) is 0 Å². The van der Waals surface area contributed by atoms with Crippen molar-refractivity contribution in [3.05, 3.63) is 28.3 Å². The lowest BCUT2D eigenvalue weighted by Gasteiger charge is -2.31. The molecule has 2 rings (SSSR count). The number of aliphatic hydroxyl groups is 1. The molecule has 1 aromatic carbocycles. The number of hydrogen-bond acceptors (Lipinski definition) is 3. The van der Waals surface area contributed by atoms with Crippen molar-refractivity contribution in [1.29, 1.82) is 0 Å². The van der Waals surface area contributed by atoms with E-state index in [2.05, 4.69) is 0 Å². The van der Waals surface area contributed by atoms with E-state index in [0.29, 0.717) is 24.8 Å². The van der Waals surface area contributed by atoms with E-state index < -0.39 is 0 Å². The van der Waals surface area contributed by atoms with Crippen molar-refractivity contribution in [2.24, 2.45) is 5.92 Å². The second-order valence-electron chi connectivity index (χ2n) is 5.67. The normalized spacial score (nSPS) is 16.1. The highest BCUT2D eigenvalue weighted by Gasteiger charge is 2.22. The minimum Gasteiger partial charge on any atom is -0.484 e. The van der Waals surface area contributed by atoms with E-state index in [0.717, 1.165) is 29.0 Å². The summed E-state index contributed by atoms with van der Waals surface area (Å²) in [5.41, 5.74) is 1.89. The van der Waals surface area contributed by atoms with Crippen LogP contribution in [0, 0.1) is 19.8 Å². The molecule has 0 unspecified atom stereocenters. The number of carbonyl (C=O) groups excluding carboxylic acids is 1.